The Kier molecular flexibility index (Phi) is 7.73. The topological polar surface area (TPSA) is 84.3 Å². The number of rotatable bonds is 7. The van der Waals surface area contributed by atoms with Crippen LogP contribution >= 0.6 is 0 Å². The van der Waals surface area contributed by atoms with Crippen LogP contribution in [0.3, 0.4) is 0 Å². The predicted octanol–water partition coefficient (Wildman–Crippen LogP) is 4.36. The Morgan fingerprint density at radius 1 is 1.06 bits per heavy atom. The number of hydrogen-bond donors (Lipinski definition) is 1. The van der Waals surface area contributed by atoms with Crippen molar-refractivity contribution in [1.29, 1.82) is 0 Å². The Labute approximate surface area is 200 Å². The van der Waals surface area contributed by atoms with E-state index in [-0.39, 0.29) is 24.5 Å². The molecule has 184 valence electrons. The lowest BCUT2D eigenvalue weighted by atomic mass is 10.1. The van der Waals surface area contributed by atoms with E-state index < -0.39 is 34.7 Å². The summed E-state index contributed by atoms with van der Waals surface area (Å²) in [6, 6.07) is 12.9. The molecular weight excluding hydrogens is 461 g/mol. The van der Waals surface area contributed by atoms with E-state index in [0.29, 0.717) is 12.1 Å². The fourth-order valence-electron chi connectivity index (χ4n) is 3.59. The fourth-order valence-corrected chi connectivity index (χ4v) is 3.59. The molecule has 0 radical (unpaired) electrons. The summed E-state index contributed by atoms with van der Waals surface area (Å²) in [5.41, 5.74) is -1.03. The predicted molar refractivity (Wildman–Crippen MR) is 126 cm³/mol. The van der Waals surface area contributed by atoms with Crippen LogP contribution in [-0.2, 0) is 11.0 Å². The second-order valence-corrected chi connectivity index (χ2v) is 8.02. The number of aryl methyl sites for hydroxylation is 2. The minimum Gasteiger partial charge on any atom is -0.328 e. The second-order valence-electron chi connectivity index (χ2n) is 8.02. The number of alkyl halides is 3. The van der Waals surface area contributed by atoms with Gasteiger partial charge in [-0.15, -0.1) is 0 Å². The molecule has 0 spiro atoms. The number of para-hydroxylation sites is 2. The maximum Gasteiger partial charge on any atom is 0.418 e. The van der Waals surface area contributed by atoms with Gasteiger partial charge in [0.25, 0.3) is 5.91 Å². The molecule has 0 saturated heterocycles. The molecule has 0 aliphatic heterocycles. The van der Waals surface area contributed by atoms with E-state index in [9.17, 15) is 27.6 Å². The third-order valence-electron chi connectivity index (χ3n) is 5.28. The number of nitrogens with zero attached hydrogens (tertiary/aromatic N) is 3. The van der Waals surface area contributed by atoms with Crippen molar-refractivity contribution in [3.63, 3.8) is 0 Å². The van der Waals surface area contributed by atoms with Gasteiger partial charge in [0.15, 0.2) is 5.69 Å². The Morgan fingerprint density at radius 3 is 2.37 bits per heavy atom. The van der Waals surface area contributed by atoms with E-state index in [4.69, 9.17) is 0 Å². The minimum atomic E-state index is -4.67. The molecule has 1 aromatic heterocycles. The smallest absolute Gasteiger partial charge is 0.328 e. The van der Waals surface area contributed by atoms with Gasteiger partial charge in [-0.1, -0.05) is 37.3 Å². The van der Waals surface area contributed by atoms with Crippen molar-refractivity contribution in [2.24, 2.45) is 0 Å². The normalized spacial score (nSPS) is 11.3. The first-order valence-electron chi connectivity index (χ1n) is 10.9. The van der Waals surface area contributed by atoms with Crippen LogP contribution in [0.15, 0.2) is 59.4 Å². The number of carbonyl (C=O) groups is 2. The first-order valence-corrected chi connectivity index (χ1v) is 10.9. The monoisotopic (exact) mass is 486 g/mol. The van der Waals surface area contributed by atoms with Crippen LogP contribution in [0.4, 0.5) is 18.9 Å². The van der Waals surface area contributed by atoms with Crippen LogP contribution in [0, 0.1) is 13.8 Å². The summed E-state index contributed by atoms with van der Waals surface area (Å²) in [5.74, 6) is -1.31. The quantitative estimate of drug-likeness (QED) is 0.538. The van der Waals surface area contributed by atoms with Crippen LogP contribution in [0.5, 0.6) is 0 Å². The maximum atomic E-state index is 13.6. The minimum absolute atomic E-state index is 0.127. The molecule has 3 rings (SSSR count). The molecule has 0 unspecified atom stereocenters. The SMILES string of the molecule is CCCN(CC(=O)Nc1ccccc1C)C(=O)c1nn(-c2ccccc2C(F)(F)F)c(C)cc1=O. The van der Waals surface area contributed by atoms with Gasteiger partial charge in [-0.2, -0.15) is 18.3 Å². The van der Waals surface area contributed by atoms with E-state index >= 15 is 0 Å². The van der Waals surface area contributed by atoms with E-state index in [1.165, 1.54) is 25.1 Å². The number of hydrogen-bond acceptors (Lipinski definition) is 4. The van der Waals surface area contributed by atoms with Gasteiger partial charge in [-0.05, 0) is 44.0 Å². The molecule has 2 amide bonds. The number of benzene rings is 2. The van der Waals surface area contributed by atoms with Gasteiger partial charge in [0, 0.05) is 24.0 Å². The van der Waals surface area contributed by atoms with Crippen molar-refractivity contribution in [1.82, 2.24) is 14.7 Å². The van der Waals surface area contributed by atoms with Gasteiger partial charge in [0.2, 0.25) is 11.3 Å². The zero-order valence-electron chi connectivity index (χ0n) is 19.5. The lowest BCUT2D eigenvalue weighted by Crippen LogP contribution is -2.41. The van der Waals surface area contributed by atoms with Gasteiger partial charge < -0.3 is 10.2 Å². The zero-order valence-corrected chi connectivity index (χ0v) is 19.5. The zero-order chi connectivity index (χ0) is 25.8. The molecule has 10 heteroatoms. The molecule has 1 heterocycles. The highest BCUT2D eigenvalue weighted by Gasteiger charge is 2.34. The maximum absolute atomic E-state index is 13.6. The highest BCUT2D eigenvalue weighted by molar-refractivity contribution is 5.98. The van der Waals surface area contributed by atoms with E-state index in [1.807, 2.05) is 19.1 Å². The highest BCUT2D eigenvalue weighted by atomic mass is 19.4. The van der Waals surface area contributed by atoms with Crippen molar-refractivity contribution in [3.8, 4) is 5.69 Å². The third-order valence-corrected chi connectivity index (χ3v) is 5.28. The Hall–Kier alpha value is -3.95. The second kappa shape index (κ2) is 10.5. The summed E-state index contributed by atoms with van der Waals surface area (Å²) in [6.45, 7) is 4.83. The van der Waals surface area contributed by atoms with Crippen LogP contribution in [-0.4, -0.2) is 39.6 Å². The molecule has 0 bridgehead atoms. The lowest BCUT2D eigenvalue weighted by molar-refractivity contribution is -0.137. The third kappa shape index (κ3) is 5.95. The van der Waals surface area contributed by atoms with Crippen molar-refractivity contribution in [3.05, 3.63) is 87.3 Å². The largest absolute Gasteiger partial charge is 0.418 e. The summed E-state index contributed by atoms with van der Waals surface area (Å²) in [6.07, 6.45) is -4.18. The molecule has 35 heavy (non-hydrogen) atoms. The average molecular weight is 486 g/mol. The standard InChI is InChI=1S/C25H25F3N4O3/c1-4-13-31(15-22(34)29-19-11-7-5-9-16(19)2)24(35)23-21(33)14-17(3)32(30-23)20-12-8-6-10-18(20)25(26,27)28/h5-12,14H,4,13,15H2,1-3H3,(H,29,34). The van der Waals surface area contributed by atoms with Gasteiger partial charge >= 0.3 is 6.18 Å². The molecule has 3 aromatic rings. The summed E-state index contributed by atoms with van der Waals surface area (Å²) in [4.78, 5) is 39.7. The summed E-state index contributed by atoms with van der Waals surface area (Å²) in [7, 11) is 0. The van der Waals surface area contributed by atoms with Gasteiger partial charge in [0.1, 0.15) is 6.54 Å². The van der Waals surface area contributed by atoms with Crippen LogP contribution in [0.25, 0.3) is 5.69 Å². The molecular formula is C25H25F3N4O3. The van der Waals surface area contributed by atoms with Gasteiger partial charge in [-0.3, -0.25) is 14.4 Å². The molecule has 0 saturated carbocycles. The molecule has 0 atom stereocenters. The van der Waals surface area contributed by atoms with Gasteiger partial charge in [0.05, 0.1) is 11.3 Å². The Balaban J connectivity index is 1.96. The molecule has 0 fully saturated rings. The summed E-state index contributed by atoms with van der Waals surface area (Å²) >= 11 is 0. The van der Waals surface area contributed by atoms with E-state index in [1.54, 1.807) is 19.1 Å². The first-order chi connectivity index (χ1) is 16.5. The molecule has 2 aromatic carbocycles. The number of nitrogens with one attached hydrogen (secondary N) is 1. The van der Waals surface area contributed by atoms with E-state index in [2.05, 4.69) is 10.4 Å². The number of anilines is 1. The van der Waals surface area contributed by atoms with Crippen molar-refractivity contribution < 1.29 is 22.8 Å². The molecule has 1 N–H and O–H groups in total. The highest BCUT2D eigenvalue weighted by Crippen LogP contribution is 2.33. The van der Waals surface area contributed by atoms with Crippen LogP contribution < -0.4 is 10.7 Å². The van der Waals surface area contributed by atoms with Crippen LogP contribution in [0.1, 0.15) is 40.7 Å². The van der Waals surface area contributed by atoms with Crippen molar-refractivity contribution in [2.45, 2.75) is 33.4 Å². The van der Waals surface area contributed by atoms with Crippen molar-refractivity contribution >= 4 is 17.5 Å². The van der Waals surface area contributed by atoms with Crippen LogP contribution in [0.2, 0.25) is 0 Å². The van der Waals surface area contributed by atoms with Crippen molar-refractivity contribution in [2.75, 3.05) is 18.4 Å². The Morgan fingerprint density at radius 2 is 1.71 bits per heavy atom. The van der Waals surface area contributed by atoms with E-state index in [0.717, 1.165) is 27.3 Å². The number of carbonyl (C=O) groups excluding carboxylic acids is 2. The number of halogens is 3. The Bertz CT molecular complexity index is 1300. The van der Waals surface area contributed by atoms with Gasteiger partial charge in [-0.25, -0.2) is 4.68 Å². The number of aromatic nitrogens is 2. The summed E-state index contributed by atoms with van der Waals surface area (Å²) < 4.78 is 41.6. The first kappa shape index (κ1) is 25.7. The average Bonchev–Trinajstić information content (AvgIpc) is 2.79. The summed E-state index contributed by atoms with van der Waals surface area (Å²) in [5, 5.41) is 6.73. The molecule has 7 nitrogen and oxygen atoms in total. The molecule has 0 aliphatic carbocycles. The molecule has 0 aliphatic rings. The number of amides is 2. The lowest BCUT2D eigenvalue weighted by Gasteiger charge is -2.22. The fraction of sp³-hybridized carbons (Fsp3) is 0.280.